The second-order valence-electron chi connectivity index (χ2n) is 8.57. The number of benzene rings is 2. The molecule has 1 fully saturated rings. The van der Waals surface area contributed by atoms with E-state index < -0.39 is 15.4 Å². The summed E-state index contributed by atoms with van der Waals surface area (Å²) in [6.45, 7) is 1.79. The van der Waals surface area contributed by atoms with E-state index in [1.807, 2.05) is 0 Å². The Morgan fingerprint density at radius 3 is 2.47 bits per heavy atom. The van der Waals surface area contributed by atoms with Crippen LogP contribution >= 0.6 is 0 Å². The molecule has 1 N–H and O–H groups in total. The Morgan fingerprint density at radius 2 is 1.79 bits per heavy atom. The van der Waals surface area contributed by atoms with Crippen molar-refractivity contribution in [1.82, 2.24) is 4.90 Å². The highest BCUT2D eigenvalue weighted by Crippen LogP contribution is 2.31. The predicted octanol–water partition coefficient (Wildman–Crippen LogP) is 2.45. The Balaban J connectivity index is 1.56. The first kappa shape index (κ1) is 24.2. The molecule has 1 saturated heterocycles. The van der Waals surface area contributed by atoms with Gasteiger partial charge in [-0.2, -0.15) is 0 Å². The number of ether oxygens (including phenoxy) is 2. The van der Waals surface area contributed by atoms with Gasteiger partial charge in [-0.15, -0.1) is 0 Å². The molecule has 1 amide bonds. The lowest BCUT2D eigenvalue weighted by Gasteiger charge is -2.28. The summed E-state index contributed by atoms with van der Waals surface area (Å²) in [7, 11) is -3.57. The number of hydrogen-bond acceptors (Lipinski definition) is 7. The van der Waals surface area contributed by atoms with Crippen LogP contribution in [0.5, 0.6) is 5.75 Å². The lowest BCUT2D eigenvalue weighted by atomic mass is 9.96. The molecule has 0 aromatic heterocycles. The third-order valence-corrected chi connectivity index (χ3v) is 7.85. The summed E-state index contributed by atoms with van der Waals surface area (Å²) in [5.74, 6) is 0.608. The number of carbonyl (C=O) groups is 1. The zero-order valence-electron chi connectivity index (χ0n) is 19.1. The molecule has 2 aliphatic heterocycles. The second-order valence-corrected chi connectivity index (χ2v) is 10.7. The summed E-state index contributed by atoms with van der Waals surface area (Å²) in [5, 5.41) is 8.88. The number of nitrogens with zero attached hydrogens (tertiary/aromatic N) is 2. The smallest absolute Gasteiger partial charge is 0.254 e. The van der Waals surface area contributed by atoms with Gasteiger partial charge in [0.05, 0.1) is 17.3 Å². The Bertz CT molecular complexity index is 1110. The molecular formula is C25H30N2O6S. The average Bonchev–Trinajstić information content (AvgIpc) is 3.55. The van der Waals surface area contributed by atoms with Crippen molar-refractivity contribution >= 4 is 21.6 Å². The maximum absolute atomic E-state index is 13.5. The third-order valence-electron chi connectivity index (χ3n) is 6.11. The van der Waals surface area contributed by atoms with E-state index in [0.29, 0.717) is 43.3 Å². The first-order valence-electron chi connectivity index (χ1n) is 11.6. The second kappa shape index (κ2) is 10.6. The molecule has 0 aliphatic carbocycles. The molecule has 0 unspecified atom stereocenters. The van der Waals surface area contributed by atoms with Gasteiger partial charge in [-0.3, -0.25) is 4.79 Å². The fourth-order valence-electron chi connectivity index (χ4n) is 4.15. The highest BCUT2D eigenvalue weighted by molar-refractivity contribution is 7.91. The van der Waals surface area contributed by atoms with Crippen molar-refractivity contribution in [3.63, 3.8) is 0 Å². The zero-order chi connectivity index (χ0) is 24.0. The molecule has 0 spiro atoms. The van der Waals surface area contributed by atoms with Crippen LogP contribution in [0.2, 0.25) is 0 Å². The van der Waals surface area contributed by atoms with Crippen molar-refractivity contribution in [2.75, 3.05) is 38.7 Å². The molecule has 2 heterocycles. The van der Waals surface area contributed by atoms with Gasteiger partial charge in [-0.25, -0.2) is 13.4 Å². The quantitative estimate of drug-likeness (QED) is 0.517. The number of aliphatic hydroxyl groups is 1. The molecule has 9 heteroatoms. The van der Waals surface area contributed by atoms with Gasteiger partial charge in [0.2, 0.25) is 5.90 Å². The van der Waals surface area contributed by atoms with E-state index in [0.717, 1.165) is 12.8 Å². The van der Waals surface area contributed by atoms with Gasteiger partial charge in [0.15, 0.2) is 15.4 Å². The maximum atomic E-state index is 13.5. The summed E-state index contributed by atoms with van der Waals surface area (Å²) in [6, 6.07) is 15.4. The van der Waals surface area contributed by atoms with Crippen molar-refractivity contribution in [3.8, 4) is 5.75 Å². The first-order valence-corrected chi connectivity index (χ1v) is 13.2. The Kier molecular flexibility index (Phi) is 7.53. The molecule has 4 rings (SSSR count). The van der Waals surface area contributed by atoms with Gasteiger partial charge in [0.25, 0.3) is 5.91 Å². The minimum absolute atomic E-state index is 0.0106. The van der Waals surface area contributed by atoms with Crippen LogP contribution in [0.4, 0.5) is 0 Å². The molecule has 1 atom stereocenters. The molecule has 0 bridgehead atoms. The van der Waals surface area contributed by atoms with Crippen LogP contribution in [0.25, 0.3) is 0 Å². The highest BCUT2D eigenvalue weighted by Gasteiger charge is 2.47. The van der Waals surface area contributed by atoms with Crippen LogP contribution in [0.1, 0.15) is 31.2 Å². The standard InChI is InChI=1S/C25H30N2O6S/c28-16-6-17-32-21-11-9-20(10-12-21)23-26-25(19-33-23,24(29)27-14-4-5-15-27)13-18-34(30,31)22-7-2-1-3-8-22/h1-3,7-12,28H,4-6,13-19H2/t25-/m1/s1. The third kappa shape index (κ3) is 5.42. The fourth-order valence-corrected chi connectivity index (χ4v) is 5.56. The van der Waals surface area contributed by atoms with Crippen LogP contribution < -0.4 is 4.74 Å². The van der Waals surface area contributed by atoms with E-state index >= 15 is 0 Å². The minimum Gasteiger partial charge on any atom is -0.494 e. The summed E-state index contributed by atoms with van der Waals surface area (Å²) in [5.41, 5.74) is -0.575. The van der Waals surface area contributed by atoms with Gasteiger partial charge >= 0.3 is 0 Å². The van der Waals surface area contributed by atoms with Gasteiger partial charge in [0, 0.05) is 31.7 Å². The first-order chi connectivity index (χ1) is 16.4. The zero-order valence-corrected chi connectivity index (χ0v) is 19.9. The number of likely N-dealkylation sites (tertiary alicyclic amines) is 1. The number of sulfone groups is 1. The largest absolute Gasteiger partial charge is 0.494 e. The number of rotatable bonds is 10. The maximum Gasteiger partial charge on any atom is 0.254 e. The van der Waals surface area contributed by atoms with E-state index in [1.165, 1.54) is 0 Å². The molecular weight excluding hydrogens is 456 g/mol. The molecule has 182 valence electrons. The summed E-state index contributed by atoms with van der Waals surface area (Å²) < 4.78 is 37.3. The van der Waals surface area contributed by atoms with Gasteiger partial charge < -0.3 is 19.5 Å². The predicted molar refractivity (Wildman–Crippen MR) is 128 cm³/mol. The molecule has 34 heavy (non-hydrogen) atoms. The average molecular weight is 487 g/mol. The summed E-state index contributed by atoms with van der Waals surface area (Å²) >= 11 is 0. The summed E-state index contributed by atoms with van der Waals surface area (Å²) in [6.07, 6.45) is 2.45. The Hall–Kier alpha value is -2.91. The molecule has 2 aromatic carbocycles. The fraction of sp³-hybridized carbons (Fsp3) is 0.440. The number of carbonyl (C=O) groups excluding carboxylic acids is 1. The normalized spacial score (nSPS) is 20.1. The van der Waals surface area contributed by atoms with Gasteiger partial charge in [0.1, 0.15) is 12.4 Å². The number of aliphatic imine (C=N–C) groups is 1. The Labute approximate surface area is 200 Å². The van der Waals surface area contributed by atoms with Crippen LogP contribution in [0.15, 0.2) is 64.5 Å². The van der Waals surface area contributed by atoms with Crippen molar-refractivity contribution in [2.24, 2.45) is 4.99 Å². The topological polar surface area (TPSA) is 106 Å². The van der Waals surface area contributed by atoms with Crippen LogP contribution in [0, 0.1) is 0 Å². The molecule has 0 radical (unpaired) electrons. The van der Waals surface area contributed by atoms with Crippen LogP contribution in [-0.4, -0.2) is 74.4 Å². The Morgan fingerprint density at radius 1 is 1.09 bits per heavy atom. The highest BCUT2D eigenvalue weighted by atomic mass is 32.2. The van der Waals surface area contributed by atoms with Crippen molar-refractivity contribution < 1.29 is 27.8 Å². The van der Waals surface area contributed by atoms with E-state index in [1.54, 1.807) is 59.5 Å². The summed E-state index contributed by atoms with van der Waals surface area (Å²) in [4.78, 5) is 20.2. The lowest BCUT2D eigenvalue weighted by Crippen LogP contribution is -2.49. The molecule has 8 nitrogen and oxygen atoms in total. The number of hydrogen-bond donors (Lipinski definition) is 1. The van der Waals surface area contributed by atoms with E-state index in [-0.39, 0.29) is 36.2 Å². The van der Waals surface area contributed by atoms with Gasteiger partial charge in [-0.05, 0) is 55.7 Å². The van der Waals surface area contributed by atoms with Crippen LogP contribution in [0.3, 0.4) is 0 Å². The SMILES string of the molecule is O=C(N1CCCC1)[C@@]1(CCS(=O)(=O)c2ccccc2)COC(c2ccc(OCCCO)cc2)=N1. The van der Waals surface area contributed by atoms with Crippen LogP contribution in [-0.2, 0) is 19.4 Å². The molecule has 2 aliphatic rings. The van der Waals surface area contributed by atoms with E-state index in [9.17, 15) is 13.2 Å². The van der Waals surface area contributed by atoms with Crippen molar-refractivity contribution in [2.45, 2.75) is 36.1 Å². The van der Waals surface area contributed by atoms with E-state index in [4.69, 9.17) is 19.6 Å². The van der Waals surface area contributed by atoms with Gasteiger partial charge in [-0.1, -0.05) is 18.2 Å². The monoisotopic (exact) mass is 486 g/mol. The molecule has 2 aromatic rings. The minimum atomic E-state index is -3.57. The van der Waals surface area contributed by atoms with Crippen molar-refractivity contribution in [3.05, 3.63) is 60.2 Å². The van der Waals surface area contributed by atoms with Crippen molar-refractivity contribution in [1.29, 1.82) is 0 Å². The number of aliphatic hydroxyl groups excluding tert-OH is 1. The number of amides is 1. The molecule has 0 saturated carbocycles. The lowest BCUT2D eigenvalue weighted by molar-refractivity contribution is -0.136. The van der Waals surface area contributed by atoms with E-state index in [2.05, 4.69) is 0 Å².